The summed E-state index contributed by atoms with van der Waals surface area (Å²) in [5.74, 6) is 0.912. The first-order valence-corrected chi connectivity index (χ1v) is 13.1. The van der Waals surface area contributed by atoms with Crippen LogP contribution < -0.4 is 5.56 Å². The van der Waals surface area contributed by atoms with E-state index in [0.717, 1.165) is 53.7 Å². The van der Waals surface area contributed by atoms with Gasteiger partial charge in [0.2, 0.25) is 0 Å². The number of H-pyrrole nitrogens is 1. The SMILES string of the molecule is CC[C@H](c1nnnn1C1CCCC1)N(Cc1cccs1)Cc1cc2cc(C)cc(C)c2[nH]c1=O. The van der Waals surface area contributed by atoms with Crippen molar-refractivity contribution in [2.24, 2.45) is 0 Å². The fourth-order valence-corrected chi connectivity index (χ4v) is 6.11. The molecule has 7 nitrogen and oxygen atoms in total. The number of fused-ring (bicyclic) bond motifs is 1. The molecule has 178 valence electrons. The molecule has 4 aromatic rings. The summed E-state index contributed by atoms with van der Waals surface area (Å²) in [5.41, 5.74) is 3.95. The average Bonchev–Trinajstić information content (AvgIpc) is 3.58. The number of aryl methyl sites for hydroxylation is 2. The van der Waals surface area contributed by atoms with Crippen LogP contribution in [0.4, 0.5) is 0 Å². The van der Waals surface area contributed by atoms with Crippen LogP contribution in [0.3, 0.4) is 0 Å². The molecule has 1 fully saturated rings. The van der Waals surface area contributed by atoms with Crippen molar-refractivity contribution >= 4 is 22.2 Å². The van der Waals surface area contributed by atoms with Gasteiger partial charge in [0.15, 0.2) is 5.82 Å². The van der Waals surface area contributed by atoms with Crippen LogP contribution in [-0.4, -0.2) is 30.1 Å². The van der Waals surface area contributed by atoms with Crippen molar-refractivity contribution in [2.45, 2.75) is 78.0 Å². The Balaban J connectivity index is 1.53. The Kier molecular flexibility index (Phi) is 6.61. The van der Waals surface area contributed by atoms with E-state index < -0.39 is 0 Å². The molecule has 8 heteroatoms. The van der Waals surface area contributed by atoms with Gasteiger partial charge >= 0.3 is 0 Å². The van der Waals surface area contributed by atoms with Crippen molar-refractivity contribution in [1.82, 2.24) is 30.1 Å². The molecule has 3 heterocycles. The maximum absolute atomic E-state index is 13.2. The molecule has 0 spiro atoms. The number of thiophene rings is 1. The van der Waals surface area contributed by atoms with Crippen LogP contribution in [0.1, 0.15) is 78.5 Å². The van der Waals surface area contributed by atoms with Crippen molar-refractivity contribution in [3.05, 3.63) is 73.5 Å². The number of benzene rings is 1. The smallest absolute Gasteiger partial charge is 0.252 e. The fraction of sp³-hybridized carbons (Fsp3) is 0.462. The van der Waals surface area contributed by atoms with Gasteiger partial charge in [-0.05, 0) is 78.1 Å². The van der Waals surface area contributed by atoms with E-state index in [1.165, 1.54) is 23.3 Å². The second-order valence-electron chi connectivity index (χ2n) is 9.50. The molecular weight excluding hydrogens is 444 g/mol. The molecule has 0 bridgehead atoms. The van der Waals surface area contributed by atoms with Crippen molar-refractivity contribution in [2.75, 3.05) is 0 Å². The lowest BCUT2D eigenvalue weighted by molar-refractivity contribution is 0.159. The maximum atomic E-state index is 13.2. The number of hydrogen-bond acceptors (Lipinski definition) is 6. The quantitative estimate of drug-likeness (QED) is 0.365. The van der Waals surface area contributed by atoms with Gasteiger partial charge in [0.25, 0.3) is 5.56 Å². The van der Waals surface area contributed by atoms with Gasteiger partial charge in [-0.1, -0.05) is 37.5 Å². The largest absolute Gasteiger partial charge is 0.321 e. The minimum Gasteiger partial charge on any atom is -0.321 e. The highest BCUT2D eigenvalue weighted by molar-refractivity contribution is 7.09. The van der Waals surface area contributed by atoms with Gasteiger partial charge in [0.05, 0.1) is 17.6 Å². The summed E-state index contributed by atoms with van der Waals surface area (Å²) >= 11 is 1.74. The van der Waals surface area contributed by atoms with E-state index in [1.807, 2.05) is 6.92 Å². The van der Waals surface area contributed by atoms with E-state index in [2.05, 4.69) is 79.7 Å². The number of nitrogens with zero attached hydrogens (tertiary/aromatic N) is 5. The van der Waals surface area contributed by atoms with Crippen LogP contribution in [0.15, 0.2) is 40.5 Å². The number of rotatable bonds is 8. The molecule has 0 unspecified atom stereocenters. The highest BCUT2D eigenvalue weighted by atomic mass is 32.1. The third kappa shape index (κ3) is 4.57. The Morgan fingerprint density at radius 3 is 2.76 bits per heavy atom. The molecule has 0 radical (unpaired) electrons. The number of pyridine rings is 1. The van der Waals surface area contributed by atoms with Crippen molar-refractivity contribution in [1.29, 1.82) is 0 Å². The number of aromatic nitrogens is 5. The predicted octanol–water partition coefficient (Wildman–Crippen LogP) is 5.46. The van der Waals surface area contributed by atoms with Gasteiger partial charge < -0.3 is 4.98 Å². The Bertz CT molecular complexity index is 1320. The molecule has 0 saturated heterocycles. The highest BCUT2D eigenvalue weighted by Crippen LogP contribution is 2.34. The summed E-state index contributed by atoms with van der Waals surface area (Å²) in [7, 11) is 0. The normalized spacial score (nSPS) is 15.5. The average molecular weight is 477 g/mol. The van der Waals surface area contributed by atoms with Gasteiger partial charge in [0, 0.05) is 23.5 Å². The Labute approximate surface area is 203 Å². The second-order valence-corrected chi connectivity index (χ2v) is 10.5. The van der Waals surface area contributed by atoms with Crippen molar-refractivity contribution < 1.29 is 0 Å². The minimum absolute atomic E-state index is 0.0204. The van der Waals surface area contributed by atoms with E-state index in [4.69, 9.17) is 0 Å². The number of tetrazole rings is 1. The summed E-state index contributed by atoms with van der Waals surface area (Å²) in [4.78, 5) is 19.9. The van der Waals surface area contributed by atoms with E-state index in [0.29, 0.717) is 12.6 Å². The summed E-state index contributed by atoms with van der Waals surface area (Å²) < 4.78 is 2.06. The van der Waals surface area contributed by atoms with E-state index in [-0.39, 0.29) is 11.6 Å². The van der Waals surface area contributed by atoms with Crippen LogP contribution in [-0.2, 0) is 13.1 Å². The van der Waals surface area contributed by atoms with Crippen molar-refractivity contribution in [3.8, 4) is 0 Å². The third-order valence-corrected chi connectivity index (χ3v) is 7.86. The Hall–Kier alpha value is -2.84. The molecule has 5 rings (SSSR count). The monoisotopic (exact) mass is 476 g/mol. The second kappa shape index (κ2) is 9.80. The van der Waals surface area contributed by atoms with E-state index >= 15 is 0 Å². The lowest BCUT2D eigenvalue weighted by Crippen LogP contribution is -2.32. The number of aromatic amines is 1. The molecule has 34 heavy (non-hydrogen) atoms. The number of nitrogens with one attached hydrogen (secondary N) is 1. The highest BCUT2D eigenvalue weighted by Gasteiger charge is 2.29. The lowest BCUT2D eigenvalue weighted by Gasteiger charge is -2.30. The summed E-state index contributed by atoms with van der Waals surface area (Å²) in [6.07, 6.45) is 5.57. The zero-order valence-corrected chi connectivity index (χ0v) is 20.9. The molecule has 0 amide bonds. The minimum atomic E-state index is -0.0270. The molecule has 3 aromatic heterocycles. The molecule has 1 aliphatic carbocycles. The van der Waals surface area contributed by atoms with Crippen molar-refractivity contribution in [3.63, 3.8) is 0 Å². The standard InChI is InChI=1S/C26H32N6OS/c1-4-23(25-28-29-30-32(25)21-8-5-6-9-21)31(16-22-10-7-11-34-22)15-20-14-19-13-17(2)12-18(3)24(19)27-26(20)33/h7,10-14,21,23H,4-6,8-9,15-16H2,1-3H3,(H,27,33)/t23-/m1/s1. The van der Waals surface area contributed by atoms with Crippen LogP contribution in [0.2, 0.25) is 0 Å². The van der Waals surface area contributed by atoms with Gasteiger partial charge in [-0.2, -0.15) is 0 Å². The first-order valence-electron chi connectivity index (χ1n) is 12.2. The summed E-state index contributed by atoms with van der Waals surface area (Å²) in [6.45, 7) is 7.60. The molecule has 1 aliphatic rings. The first kappa shape index (κ1) is 22.9. The molecule has 1 saturated carbocycles. The zero-order chi connectivity index (χ0) is 23.7. The first-order chi connectivity index (χ1) is 16.5. The maximum Gasteiger partial charge on any atom is 0.252 e. The Morgan fingerprint density at radius 2 is 2.03 bits per heavy atom. The van der Waals surface area contributed by atoms with Crippen LogP contribution >= 0.6 is 11.3 Å². The van der Waals surface area contributed by atoms with Crippen LogP contribution in [0, 0.1) is 13.8 Å². The fourth-order valence-electron chi connectivity index (χ4n) is 5.38. The zero-order valence-electron chi connectivity index (χ0n) is 20.1. The molecule has 1 atom stereocenters. The van der Waals surface area contributed by atoms with Gasteiger partial charge in [-0.25, -0.2) is 4.68 Å². The molecule has 1 aromatic carbocycles. The van der Waals surface area contributed by atoms with Gasteiger partial charge in [0.1, 0.15) is 0 Å². The number of hydrogen-bond donors (Lipinski definition) is 1. The van der Waals surface area contributed by atoms with E-state index in [1.54, 1.807) is 11.3 Å². The molecule has 0 aliphatic heterocycles. The summed E-state index contributed by atoms with van der Waals surface area (Å²) in [6, 6.07) is 10.9. The van der Waals surface area contributed by atoms with E-state index in [9.17, 15) is 4.79 Å². The predicted molar refractivity (Wildman–Crippen MR) is 136 cm³/mol. The summed E-state index contributed by atoms with van der Waals surface area (Å²) in [5, 5.41) is 16.1. The third-order valence-electron chi connectivity index (χ3n) is 7.00. The van der Waals surface area contributed by atoms with Crippen LogP contribution in [0.25, 0.3) is 10.9 Å². The topological polar surface area (TPSA) is 79.7 Å². The Morgan fingerprint density at radius 1 is 1.21 bits per heavy atom. The van der Waals surface area contributed by atoms with Gasteiger partial charge in [-0.15, -0.1) is 16.4 Å². The lowest BCUT2D eigenvalue weighted by atomic mass is 10.0. The van der Waals surface area contributed by atoms with Gasteiger partial charge in [-0.3, -0.25) is 9.69 Å². The molecule has 1 N–H and O–H groups in total. The molecular formula is C26H32N6OS. The van der Waals surface area contributed by atoms with Crippen LogP contribution in [0.5, 0.6) is 0 Å².